The molecule has 27 heavy (non-hydrogen) atoms. The summed E-state index contributed by atoms with van der Waals surface area (Å²) in [6, 6.07) is 1.32. The number of nitro groups is 1. The Bertz CT molecular complexity index is 703. The summed E-state index contributed by atoms with van der Waals surface area (Å²) < 4.78 is 45.4. The fourth-order valence-corrected chi connectivity index (χ4v) is 3.19. The molecule has 1 fully saturated rings. The van der Waals surface area contributed by atoms with Crippen LogP contribution in [0, 0.1) is 22.0 Å². The number of pyridine rings is 1. The molecule has 2 rings (SSSR count). The molecule has 2 atom stereocenters. The number of piperidine rings is 1. The van der Waals surface area contributed by atoms with Gasteiger partial charge in [0.1, 0.15) is 17.5 Å². The van der Waals surface area contributed by atoms with Crippen LogP contribution >= 0.6 is 0 Å². The van der Waals surface area contributed by atoms with Crippen molar-refractivity contribution >= 4 is 17.3 Å². The van der Waals surface area contributed by atoms with Crippen molar-refractivity contribution in [3.8, 4) is 0 Å². The number of aromatic nitrogens is 1. The number of carbonyl (C=O) groups is 1. The molecular formula is C17H22F3N3O4. The Labute approximate surface area is 154 Å². The minimum absolute atomic E-state index is 0.0677. The summed E-state index contributed by atoms with van der Waals surface area (Å²) in [5, 5.41) is 11.2. The van der Waals surface area contributed by atoms with Gasteiger partial charge in [0.05, 0.1) is 17.3 Å². The Morgan fingerprint density at radius 1 is 1.37 bits per heavy atom. The maximum Gasteiger partial charge on any atom is 0.393 e. The van der Waals surface area contributed by atoms with E-state index in [0.29, 0.717) is 0 Å². The largest absolute Gasteiger partial charge is 0.460 e. The van der Waals surface area contributed by atoms with Crippen LogP contribution in [0.2, 0.25) is 0 Å². The van der Waals surface area contributed by atoms with Crippen LogP contribution < -0.4 is 4.90 Å². The van der Waals surface area contributed by atoms with Gasteiger partial charge in [0.25, 0.3) is 0 Å². The van der Waals surface area contributed by atoms with E-state index in [1.54, 1.807) is 20.8 Å². The topological polar surface area (TPSA) is 85.6 Å². The van der Waals surface area contributed by atoms with Gasteiger partial charge in [-0.2, -0.15) is 13.2 Å². The van der Waals surface area contributed by atoms with Gasteiger partial charge in [0.2, 0.25) is 0 Å². The number of esters is 1. The molecule has 0 saturated carbocycles. The predicted octanol–water partition coefficient (Wildman–Crippen LogP) is 3.73. The van der Waals surface area contributed by atoms with Gasteiger partial charge in [-0.1, -0.05) is 0 Å². The highest BCUT2D eigenvalue weighted by Gasteiger charge is 2.45. The molecule has 0 radical (unpaired) electrons. The summed E-state index contributed by atoms with van der Waals surface area (Å²) in [6.45, 7) is 4.72. The van der Waals surface area contributed by atoms with E-state index in [4.69, 9.17) is 4.74 Å². The Morgan fingerprint density at radius 2 is 2.04 bits per heavy atom. The van der Waals surface area contributed by atoms with Crippen molar-refractivity contribution < 1.29 is 27.6 Å². The van der Waals surface area contributed by atoms with Crippen molar-refractivity contribution in [3.63, 3.8) is 0 Å². The van der Waals surface area contributed by atoms with E-state index in [0.717, 1.165) is 6.20 Å². The van der Waals surface area contributed by atoms with E-state index >= 15 is 0 Å². The van der Waals surface area contributed by atoms with Gasteiger partial charge in [-0.05, 0) is 39.2 Å². The van der Waals surface area contributed by atoms with Crippen molar-refractivity contribution in [2.75, 3.05) is 18.0 Å². The number of anilines is 1. The van der Waals surface area contributed by atoms with Crippen molar-refractivity contribution in [2.45, 2.75) is 45.4 Å². The fourth-order valence-electron chi connectivity index (χ4n) is 3.19. The lowest BCUT2D eigenvalue weighted by atomic mass is 9.86. The number of halogens is 3. The first kappa shape index (κ1) is 20.9. The first-order chi connectivity index (χ1) is 12.4. The van der Waals surface area contributed by atoms with Crippen LogP contribution in [0.3, 0.4) is 0 Å². The molecule has 1 aliphatic rings. The van der Waals surface area contributed by atoms with E-state index in [-0.39, 0.29) is 30.8 Å². The quantitative estimate of drug-likeness (QED) is 0.443. The Balaban J connectivity index is 2.26. The van der Waals surface area contributed by atoms with Gasteiger partial charge >= 0.3 is 17.8 Å². The van der Waals surface area contributed by atoms with Crippen molar-refractivity contribution in [3.05, 3.63) is 28.6 Å². The molecule has 2 heterocycles. The van der Waals surface area contributed by atoms with Crippen LogP contribution in [-0.2, 0) is 9.53 Å². The molecule has 0 unspecified atom stereocenters. The molecule has 0 aromatic carbocycles. The van der Waals surface area contributed by atoms with Crippen LogP contribution in [0.4, 0.5) is 24.5 Å². The van der Waals surface area contributed by atoms with E-state index < -0.39 is 41.1 Å². The number of rotatable bonds is 4. The van der Waals surface area contributed by atoms with Crippen molar-refractivity contribution in [2.24, 2.45) is 11.8 Å². The van der Waals surface area contributed by atoms with Crippen molar-refractivity contribution in [1.29, 1.82) is 0 Å². The highest BCUT2D eigenvalue weighted by atomic mass is 19.4. The summed E-state index contributed by atoms with van der Waals surface area (Å²) in [5.41, 5.74) is -1.03. The SMILES string of the molecule is CC(C)(C)OC(=O)C[C@H]1C[C@@H](C(F)(F)F)CN(c2ccncc2[N+](=O)[O-])C1. The van der Waals surface area contributed by atoms with Crippen molar-refractivity contribution in [1.82, 2.24) is 4.98 Å². The lowest BCUT2D eigenvalue weighted by Gasteiger charge is -2.39. The predicted molar refractivity (Wildman–Crippen MR) is 91.2 cm³/mol. The summed E-state index contributed by atoms with van der Waals surface area (Å²) >= 11 is 0. The average Bonchev–Trinajstić information content (AvgIpc) is 2.51. The zero-order valence-electron chi connectivity index (χ0n) is 15.3. The van der Waals surface area contributed by atoms with E-state index in [1.807, 2.05) is 0 Å². The lowest BCUT2D eigenvalue weighted by molar-refractivity contribution is -0.384. The third-order valence-corrected chi connectivity index (χ3v) is 4.19. The van der Waals surface area contributed by atoms with E-state index in [2.05, 4.69) is 4.98 Å². The molecule has 1 aromatic heterocycles. The maximum atomic E-state index is 13.4. The molecular weight excluding hydrogens is 367 g/mol. The fraction of sp³-hybridized carbons (Fsp3) is 0.647. The Hall–Kier alpha value is -2.39. The van der Waals surface area contributed by atoms with Crippen LogP contribution in [-0.4, -0.2) is 40.7 Å². The van der Waals surface area contributed by atoms with Gasteiger partial charge in [0.15, 0.2) is 0 Å². The highest BCUT2D eigenvalue weighted by molar-refractivity contribution is 5.70. The van der Waals surface area contributed by atoms with Gasteiger partial charge < -0.3 is 9.64 Å². The second kappa shape index (κ2) is 7.69. The summed E-state index contributed by atoms with van der Waals surface area (Å²) in [5.74, 6) is -2.90. The summed E-state index contributed by atoms with van der Waals surface area (Å²) in [6.07, 6.45) is -2.57. The molecule has 1 saturated heterocycles. The van der Waals surface area contributed by atoms with Crippen LogP contribution in [0.1, 0.15) is 33.6 Å². The molecule has 0 spiro atoms. The molecule has 10 heteroatoms. The van der Waals surface area contributed by atoms with Crippen LogP contribution in [0.25, 0.3) is 0 Å². The van der Waals surface area contributed by atoms with Gasteiger partial charge in [0, 0.05) is 19.3 Å². The number of ether oxygens (including phenoxy) is 1. The molecule has 0 N–H and O–H groups in total. The summed E-state index contributed by atoms with van der Waals surface area (Å²) in [7, 11) is 0. The molecule has 1 aromatic rings. The standard InChI is InChI=1S/C17H22F3N3O4/c1-16(2,3)27-15(24)7-11-6-12(17(18,19)20)10-22(9-11)13-4-5-21-8-14(13)23(25)26/h4-5,8,11-12H,6-7,9-10H2,1-3H3/t11-,12-/m1/s1. The second-order valence-corrected chi connectivity index (χ2v) is 7.66. The normalized spacial score (nSPS) is 21.0. The zero-order valence-corrected chi connectivity index (χ0v) is 15.3. The Morgan fingerprint density at radius 3 is 2.59 bits per heavy atom. The molecule has 0 bridgehead atoms. The van der Waals surface area contributed by atoms with Gasteiger partial charge in [-0.25, -0.2) is 0 Å². The second-order valence-electron chi connectivity index (χ2n) is 7.66. The number of alkyl halides is 3. The zero-order chi connectivity index (χ0) is 20.4. The minimum atomic E-state index is -4.47. The lowest BCUT2D eigenvalue weighted by Crippen LogP contribution is -2.46. The smallest absolute Gasteiger partial charge is 0.393 e. The first-order valence-corrected chi connectivity index (χ1v) is 8.48. The van der Waals surface area contributed by atoms with E-state index in [9.17, 15) is 28.1 Å². The number of hydrogen-bond donors (Lipinski definition) is 0. The first-order valence-electron chi connectivity index (χ1n) is 8.48. The van der Waals surface area contributed by atoms with Crippen LogP contribution in [0.15, 0.2) is 18.5 Å². The molecule has 150 valence electrons. The number of carbonyl (C=O) groups excluding carboxylic acids is 1. The Kier molecular flexibility index (Phi) is 5.96. The number of nitrogens with zero attached hydrogens (tertiary/aromatic N) is 3. The molecule has 7 nitrogen and oxygen atoms in total. The average molecular weight is 389 g/mol. The van der Waals surface area contributed by atoms with Crippen LogP contribution in [0.5, 0.6) is 0 Å². The third kappa shape index (κ3) is 5.80. The van der Waals surface area contributed by atoms with Gasteiger partial charge in [-0.15, -0.1) is 0 Å². The summed E-state index contributed by atoms with van der Waals surface area (Å²) in [4.78, 5) is 27.6. The highest BCUT2D eigenvalue weighted by Crippen LogP contribution is 2.40. The minimum Gasteiger partial charge on any atom is -0.460 e. The molecule has 1 aliphatic heterocycles. The van der Waals surface area contributed by atoms with Gasteiger partial charge in [-0.3, -0.25) is 19.9 Å². The maximum absolute atomic E-state index is 13.4. The molecule has 0 amide bonds. The van der Waals surface area contributed by atoms with E-state index in [1.165, 1.54) is 17.2 Å². The molecule has 0 aliphatic carbocycles. The number of hydrogen-bond acceptors (Lipinski definition) is 6. The third-order valence-electron chi connectivity index (χ3n) is 4.19. The monoisotopic (exact) mass is 389 g/mol.